The number of nitrogens with one attached hydrogen (secondary N) is 3. The molecular weight excluding hydrogens is 446 g/mol. The molecule has 5 rings (SSSR count). The van der Waals surface area contributed by atoms with Crippen LogP contribution in [0.2, 0.25) is 0 Å². The number of benzene rings is 3. The first-order valence-corrected chi connectivity index (χ1v) is 11.3. The first-order valence-electron chi connectivity index (χ1n) is 11.3. The van der Waals surface area contributed by atoms with Crippen molar-refractivity contribution in [2.75, 3.05) is 37.3 Å². The quantitative estimate of drug-likeness (QED) is 0.477. The number of hydrogen-bond donors (Lipinski definition) is 3. The van der Waals surface area contributed by atoms with Crippen molar-refractivity contribution in [1.82, 2.24) is 0 Å². The van der Waals surface area contributed by atoms with Crippen LogP contribution < -0.4 is 25.4 Å². The topological polar surface area (TPSA) is 97.9 Å². The molecule has 0 radical (unpaired) electrons. The van der Waals surface area contributed by atoms with Gasteiger partial charge in [0.2, 0.25) is 0 Å². The molecule has 3 aromatic rings. The summed E-state index contributed by atoms with van der Waals surface area (Å²) >= 11 is 0. The summed E-state index contributed by atoms with van der Waals surface area (Å²) in [5.41, 5.74) is 3.25. The van der Waals surface area contributed by atoms with Crippen LogP contribution in [0.3, 0.4) is 0 Å². The van der Waals surface area contributed by atoms with Gasteiger partial charge in [-0.2, -0.15) is 0 Å². The maximum atomic E-state index is 13.7. The molecule has 0 saturated heterocycles. The lowest BCUT2D eigenvalue weighted by Gasteiger charge is -2.45. The maximum absolute atomic E-state index is 13.7. The molecule has 0 aromatic heterocycles. The largest absolute Gasteiger partial charge is 0.497 e. The average molecular weight is 474 g/mol. The van der Waals surface area contributed by atoms with Gasteiger partial charge >= 0.3 is 5.97 Å². The van der Waals surface area contributed by atoms with Gasteiger partial charge in [0.15, 0.2) is 5.54 Å². The lowest BCUT2D eigenvalue weighted by molar-refractivity contribution is -0.151. The van der Waals surface area contributed by atoms with E-state index in [9.17, 15) is 9.59 Å². The number of amides is 1. The van der Waals surface area contributed by atoms with Gasteiger partial charge in [-0.05, 0) is 55.5 Å². The molecule has 2 heterocycles. The molecule has 0 fully saturated rings. The Morgan fingerprint density at radius 3 is 2.29 bits per heavy atom. The molecule has 35 heavy (non-hydrogen) atoms. The number of fused-ring (bicyclic) bond motifs is 3. The van der Waals surface area contributed by atoms with Crippen LogP contribution in [0.25, 0.3) is 0 Å². The van der Waals surface area contributed by atoms with E-state index in [2.05, 4.69) is 16.0 Å². The summed E-state index contributed by atoms with van der Waals surface area (Å²) in [4.78, 5) is 27.2. The fourth-order valence-electron chi connectivity index (χ4n) is 5.10. The summed E-state index contributed by atoms with van der Waals surface area (Å²) in [5, 5.41) is 9.89. The van der Waals surface area contributed by atoms with E-state index in [4.69, 9.17) is 14.2 Å². The summed E-state index contributed by atoms with van der Waals surface area (Å²) in [7, 11) is 4.53. The highest BCUT2D eigenvalue weighted by Gasteiger charge is 2.61. The third kappa shape index (κ3) is 3.53. The van der Waals surface area contributed by atoms with Crippen molar-refractivity contribution in [3.63, 3.8) is 0 Å². The van der Waals surface area contributed by atoms with Crippen molar-refractivity contribution in [3.05, 3.63) is 77.4 Å². The SMILES string of the molecule is COC(=O)[C@H]1[C@H](Nc2ccc(OC)cc2)c2cc(OC)ccc2N[C@@]12C(=O)Nc1ccc(C)cc12. The van der Waals surface area contributed by atoms with Gasteiger partial charge in [-0.3, -0.25) is 9.59 Å². The molecule has 0 saturated carbocycles. The molecule has 8 heteroatoms. The Morgan fingerprint density at radius 2 is 1.60 bits per heavy atom. The molecule has 0 aliphatic carbocycles. The van der Waals surface area contributed by atoms with Crippen LogP contribution in [0.1, 0.15) is 22.7 Å². The molecule has 3 aromatic carbocycles. The Hall–Kier alpha value is -4.20. The molecule has 2 aliphatic heterocycles. The van der Waals surface area contributed by atoms with E-state index < -0.39 is 23.5 Å². The summed E-state index contributed by atoms with van der Waals surface area (Å²) in [5.74, 6) is -0.405. The van der Waals surface area contributed by atoms with Crippen LogP contribution >= 0.6 is 0 Å². The predicted octanol–water partition coefficient (Wildman–Crippen LogP) is 4.23. The lowest BCUT2D eigenvalue weighted by Crippen LogP contribution is -2.57. The van der Waals surface area contributed by atoms with E-state index in [1.165, 1.54) is 7.11 Å². The van der Waals surface area contributed by atoms with Crippen molar-refractivity contribution >= 4 is 28.9 Å². The highest BCUT2D eigenvalue weighted by atomic mass is 16.5. The highest BCUT2D eigenvalue weighted by Crippen LogP contribution is 2.54. The third-order valence-electron chi connectivity index (χ3n) is 6.80. The Balaban J connectivity index is 1.74. The minimum Gasteiger partial charge on any atom is -0.497 e. The standard InChI is InChI=1S/C27H27N3O5/c1-15-5-11-22-20(13-15)27(26(32)29-22)23(25(31)35-4)24(28-16-6-8-17(33-2)9-7-16)19-14-18(34-3)10-12-21(19)30-27/h5-14,23-24,28,30H,1-4H3,(H,29,32)/t23-,24-,27-/m1/s1. The zero-order valence-electron chi connectivity index (χ0n) is 20.0. The number of carbonyl (C=O) groups is 2. The molecule has 3 N–H and O–H groups in total. The zero-order valence-corrected chi connectivity index (χ0v) is 20.0. The smallest absolute Gasteiger partial charge is 0.314 e. The number of ether oxygens (including phenoxy) is 3. The van der Waals surface area contributed by atoms with Gasteiger partial charge in [-0.25, -0.2) is 0 Å². The van der Waals surface area contributed by atoms with E-state index >= 15 is 0 Å². The normalized spacial score (nSPS) is 21.9. The molecule has 1 spiro atoms. The lowest BCUT2D eigenvalue weighted by atomic mass is 9.69. The van der Waals surface area contributed by atoms with Crippen LogP contribution in [0.15, 0.2) is 60.7 Å². The zero-order chi connectivity index (χ0) is 24.7. The van der Waals surface area contributed by atoms with E-state index in [0.29, 0.717) is 22.7 Å². The van der Waals surface area contributed by atoms with Gasteiger partial charge in [-0.15, -0.1) is 0 Å². The van der Waals surface area contributed by atoms with Gasteiger partial charge in [0.05, 0.1) is 27.4 Å². The van der Waals surface area contributed by atoms with E-state index in [-0.39, 0.29) is 5.91 Å². The Bertz CT molecular complexity index is 1310. The van der Waals surface area contributed by atoms with Crippen LogP contribution in [-0.2, 0) is 19.9 Å². The number of aryl methyl sites for hydroxylation is 1. The number of carbonyl (C=O) groups excluding carboxylic acids is 2. The third-order valence-corrected chi connectivity index (χ3v) is 6.80. The van der Waals surface area contributed by atoms with Crippen molar-refractivity contribution in [2.24, 2.45) is 5.92 Å². The maximum Gasteiger partial charge on any atom is 0.314 e. The summed E-state index contributed by atoms with van der Waals surface area (Å²) in [6, 6.07) is 18.1. The minimum atomic E-state index is -1.37. The summed E-state index contributed by atoms with van der Waals surface area (Å²) in [6.45, 7) is 1.96. The molecule has 2 aliphatic rings. The molecule has 3 atom stereocenters. The average Bonchev–Trinajstić information content (AvgIpc) is 3.14. The van der Waals surface area contributed by atoms with Crippen LogP contribution in [-0.4, -0.2) is 33.2 Å². The predicted molar refractivity (Wildman–Crippen MR) is 133 cm³/mol. The number of hydrogen-bond acceptors (Lipinski definition) is 7. The molecule has 0 unspecified atom stereocenters. The number of rotatable bonds is 5. The van der Waals surface area contributed by atoms with Crippen LogP contribution in [0.4, 0.5) is 17.1 Å². The van der Waals surface area contributed by atoms with Gasteiger partial charge in [0.25, 0.3) is 5.91 Å². The molecule has 8 nitrogen and oxygen atoms in total. The molecule has 180 valence electrons. The van der Waals surface area contributed by atoms with Gasteiger partial charge in [0.1, 0.15) is 17.4 Å². The monoisotopic (exact) mass is 473 g/mol. The first kappa shape index (κ1) is 22.6. The van der Waals surface area contributed by atoms with E-state index in [1.54, 1.807) is 14.2 Å². The fourth-order valence-corrected chi connectivity index (χ4v) is 5.10. The minimum absolute atomic E-state index is 0.309. The van der Waals surface area contributed by atoms with E-state index in [0.717, 1.165) is 22.5 Å². The van der Waals surface area contributed by atoms with Gasteiger partial charge in [0, 0.05) is 28.2 Å². The second-order valence-corrected chi connectivity index (χ2v) is 8.74. The van der Waals surface area contributed by atoms with Crippen molar-refractivity contribution in [3.8, 4) is 11.5 Å². The fraction of sp³-hybridized carbons (Fsp3) is 0.259. The summed E-state index contributed by atoms with van der Waals surface area (Å²) < 4.78 is 16.1. The molecule has 1 amide bonds. The second kappa shape index (κ2) is 8.54. The first-order chi connectivity index (χ1) is 16.9. The number of esters is 1. The van der Waals surface area contributed by atoms with Crippen molar-refractivity contribution in [1.29, 1.82) is 0 Å². The Morgan fingerprint density at radius 1 is 0.914 bits per heavy atom. The van der Waals surface area contributed by atoms with Crippen molar-refractivity contribution < 1.29 is 23.8 Å². The number of anilines is 3. The highest BCUT2D eigenvalue weighted by molar-refractivity contribution is 6.11. The van der Waals surface area contributed by atoms with Crippen LogP contribution in [0.5, 0.6) is 11.5 Å². The summed E-state index contributed by atoms with van der Waals surface area (Å²) in [6.07, 6.45) is 0. The Kier molecular flexibility index (Phi) is 5.51. The van der Waals surface area contributed by atoms with Crippen LogP contribution in [0, 0.1) is 12.8 Å². The van der Waals surface area contributed by atoms with Gasteiger partial charge < -0.3 is 30.2 Å². The van der Waals surface area contributed by atoms with Crippen molar-refractivity contribution in [2.45, 2.75) is 18.5 Å². The van der Waals surface area contributed by atoms with Gasteiger partial charge in [-0.1, -0.05) is 17.7 Å². The van der Waals surface area contributed by atoms with E-state index in [1.807, 2.05) is 67.6 Å². The molecular formula is C27H27N3O5. The molecule has 0 bridgehead atoms. The Labute approximate surface area is 203 Å². The second-order valence-electron chi connectivity index (χ2n) is 8.74. The number of methoxy groups -OCH3 is 3.